The summed E-state index contributed by atoms with van der Waals surface area (Å²) in [6, 6.07) is 10.9. The van der Waals surface area contributed by atoms with Gasteiger partial charge in [-0.25, -0.2) is 0 Å². The lowest BCUT2D eigenvalue weighted by molar-refractivity contribution is 0.449. The molecule has 0 radical (unpaired) electrons. The van der Waals surface area contributed by atoms with E-state index in [4.69, 9.17) is 0 Å². The van der Waals surface area contributed by atoms with Gasteiger partial charge in [-0.3, -0.25) is 9.78 Å². The molecule has 3 aromatic rings. The highest BCUT2D eigenvalue weighted by atomic mass is 15.3. The summed E-state index contributed by atoms with van der Waals surface area (Å²) in [6.07, 6.45) is 7.45. The zero-order valence-electron chi connectivity index (χ0n) is 14.0. The van der Waals surface area contributed by atoms with Crippen LogP contribution >= 0.6 is 0 Å². The van der Waals surface area contributed by atoms with E-state index in [0.29, 0.717) is 6.04 Å². The number of fused-ring (bicyclic) bond motifs is 1. The van der Waals surface area contributed by atoms with Crippen molar-refractivity contribution in [1.29, 1.82) is 0 Å². The number of rotatable bonds is 5. The maximum atomic E-state index is 4.66. The Morgan fingerprint density at radius 3 is 2.92 bits per heavy atom. The molecule has 1 aromatic carbocycles. The second kappa shape index (κ2) is 6.61. The van der Waals surface area contributed by atoms with Crippen LogP contribution in [0, 0.1) is 6.92 Å². The third-order valence-electron chi connectivity index (χ3n) is 4.91. The van der Waals surface area contributed by atoms with Crippen LogP contribution in [0.5, 0.6) is 0 Å². The fraction of sp³-hybridized carbons (Fsp3) is 0.368. The lowest BCUT2D eigenvalue weighted by atomic mass is 9.92. The van der Waals surface area contributed by atoms with E-state index in [2.05, 4.69) is 68.7 Å². The molecule has 5 nitrogen and oxygen atoms in total. The normalized spacial score (nSPS) is 17.0. The summed E-state index contributed by atoms with van der Waals surface area (Å²) in [5.41, 5.74) is 6.41. The molecule has 0 saturated carbocycles. The van der Waals surface area contributed by atoms with E-state index < -0.39 is 0 Å². The summed E-state index contributed by atoms with van der Waals surface area (Å²) in [4.78, 5) is 0. The fourth-order valence-corrected chi connectivity index (χ4v) is 3.51. The van der Waals surface area contributed by atoms with Gasteiger partial charge in [0.25, 0.3) is 0 Å². The first kappa shape index (κ1) is 15.1. The molecule has 1 aliphatic rings. The molecule has 2 N–H and O–H groups in total. The predicted molar refractivity (Wildman–Crippen MR) is 93.6 cm³/mol. The maximum Gasteiger partial charge on any atom is 0.0662 e. The van der Waals surface area contributed by atoms with Crippen LogP contribution in [0.3, 0.4) is 0 Å². The molecule has 0 spiro atoms. The van der Waals surface area contributed by atoms with Crippen LogP contribution in [0.4, 0.5) is 0 Å². The van der Waals surface area contributed by atoms with Crippen molar-refractivity contribution in [2.75, 3.05) is 0 Å². The zero-order chi connectivity index (χ0) is 16.4. The molecule has 2 aromatic heterocycles. The average Bonchev–Trinajstić information content (AvgIpc) is 3.21. The first-order valence-corrected chi connectivity index (χ1v) is 8.62. The van der Waals surface area contributed by atoms with Gasteiger partial charge in [-0.1, -0.05) is 30.3 Å². The van der Waals surface area contributed by atoms with Gasteiger partial charge in [-0.15, -0.1) is 0 Å². The number of aryl methyl sites for hydroxylation is 1. The van der Waals surface area contributed by atoms with E-state index in [9.17, 15) is 0 Å². The van der Waals surface area contributed by atoms with Gasteiger partial charge in [0.05, 0.1) is 18.9 Å². The number of nitrogens with zero attached hydrogens (tertiary/aromatic N) is 3. The predicted octanol–water partition coefficient (Wildman–Crippen LogP) is 3.13. The van der Waals surface area contributed by atoms with Gasteiger partial charge in [0.1, 0.15) is 0 Å². The Labute approximate surface area is 142 Å². The number of aromatic amines is 1. The van der Waals surface area contributed by atoms with Crippen LogP contribution in [0.2, 0.25) is 0 Å². The van der Waals surface area contributed by atoms with E-state index >= 15 is 0 Å². The lowest BCUT2D eigenvalue weighted by Gasteiger charge is -2.24. The molecular weight excluding hydrogens is 298 g/mol. The van der Waals surface area contributed by atoms with Gasteiger partial charge in [-0.05, 0) is 31.7 Å². The van der Waals surface area contributed by atoms with E-state index in [0.717, 1.165) is 25.2 Å². The fourth-order valence-electron chi connectivity index (χ4n) is 3.51. The van der Waals surface area contributed by atoms with Crippen LogP contribution in [-0.4, -0.2) is 20.0 Å². The number of hydrogen-bond acceptors (Lipinski definition) is 3. The van der Waals surface area contributed by atoms with Crippen molar-refractivity contribution in [3.63, 3.8) is 0 Å². The molecule has 0 aliphatic heterocycles. The monoisotopic (exact) mass is 321 g/mol. The second-order valence-corrected chi connectivity index (χ2v) is 6.54. The zero-order valence-corrected chi connectivity index (χ0v) is 14.0. The van der Waals surface area contributed by atoms with Crippen molar-refractivity contribution in [2.45, 2.75) is 45.3 Å². The average molecular weight is 321 g/mol. The number of aromatic nitrogens is 4. The van der Waals surface area contributed by atoms with Crippen LogP contribution in [0.1, 0.15) is 47.0 Å². The molecular formula is C19H23N5. The molecule has 0 unspecified atom stereocenters. The summed E-state index contributed by atoms with van der Waals surface area (Å²) < 4.78 is 2.17. The van der Waals surface area contributed by atoms with Crippen LogP contribution in [0.15, 0.2) is 42.7 Å². The lowest BCUT2D eigenvalue weighted by Crippen LogP contribution is -2.25. The molecule has 4 rings (SSSR count). The highest BCUT2D eigenvalue weighted by molar-refractivity contribution is 5.27. The third kappa shape index (κ3) is 2.99. The van der Waals surface area contributed by atoms with Crippen molar-refractivity contribution >= 4 is 0 Å². The van der Waals surface area contributed by atoms with Crippen LogP contribution in [0.25, 0.3) is 0 Å². The van der Waals surface area contributed by atoms with Crippen LogP contribution in [-0.2, 0) is 19.5 Å². The molecule has 124 valence electrons. The van der Waals surface area contributed by atoms with Crippen molar-refractivity contribution in [3.05, 3.63) is 70.8 Å². The Kier molecular flexibility index (Phi) is 4.17. The van der Waals surface area contributed by atoms with E-state index in [-0.39, 0.29) is 0 Å². The highest BCUT2D eigenvalue weighted by Gasteiger charge is 2.24. The van der Waals surface area contributed by atoms with Gasteiger partial charge in [0.15, 0.2) is 0 Å². The second-order valence-electron chi connectivity index (χ2n) is 6.54. The van der Waals surface area contributed by atoms with E-state index in [1.165, 1.54) is 35.2 Å². The standard InChI is InChI=1S/C19H23N5/c1-14-16(11-21-23-14)10-20-18-8-5-9-19-17(18)12-22-24(19)13-15-6-3-2-4-7-15/h2-4,6-7,11-12,18,20H,5,8-10,13H2,1H3,(H,21,23)/t18-/m0/s1. The quantitative estimate of drug-likeness (QED) is 0.759. The Hall–Kier alpha value is -2.40. The SMILES string of the molecule is Cc1[nH]ncc1CN[C@H]1CCCc2c1cnn2Cc1ccccc1. The maximum absolute atomic E-state index is 4.66. The molecule has 2 heterocycles. The molecule has 24 heavy (non-hydrogen) atoms. The summed E-state index contributed by atoms with van der Waals surface area (Å²) in [5, 5.41) is 15.4. The molecule has 1 aliphatic carbocycles. The van der Waals surface area contributed by atoms with E-state index in [1.807, 2.05) is 6.20 Å². The van der Waals surface area contributed by atoms with Gasteiger partial charge in [0, 0.05) is 35.1 Å². The Morgan fingerprint density at radius 1 is 1.25 bits per heavy atom. The van der Waals surface area contributed by atoms with Gasteiger partial charge in [0.2, 0.25) is 0 Å². The molecule has 5 heteroatoms. The minimum atomic E-state index is 0.382. The molecule has 0 amide bonds. The first-order chi connectivity index (χ1) is 11.8. The van der Waals surface area contributed by atoms with Crippen molar-refractivity contribution < 1.29 is 0 Å². The van der Waals surface area contributed by atoms with Gasteiger partial charge in [-0.2, -0.15) is 10.2 Å². The highest BCUT2D eigenvalue weighted by Crippen LogP contribution is 2.30. The van der Waals surface area contributed by atoms with Crippen molar-refractivity contribution in [2.24, 2.45) is 0 Å². The summed E-state index contributed by atoms with van der Waals surface area (Å²) in [7, 11) is 0. The van der Waals surface area contributed by atoms with Gasteiger partial charge >= 0.3 is 0 Å². The number of H-pyrrole nitrogens is 1. The molecule has 0 bridgehead atoms. The topological polar surface area (TPSA) is 58.5 Å². The van der Waals surface area contributed by atoms with Crippen molar-refractivity contribution in [1.82, 2.24) is 25.3 Å². The van der Waals surface area contributed by atoms with E-state index in [1.54, 1.807) is 0 Å². The Balaban J connectivity index is 1.50. The van der Waals surface area contributed by atoms with Gasteiger partial charge < -0.3 is 5.32 Å². The largest absolute Gasteiger partial charge is 0.306 e. The number of benzene rings is 1. The minimum absolute atomic E-state index is 0.382. The Bertz CT molecular complexity index is 802. The first-order valence-electron chi connectivity index (χ1n) is 8.62. The van der Waals surface area contributed by atoms with Crippen molar-refractivity contribution in [3.8, 4) is 0 Å². The summed E-state index contributed by atoms with van der Waals surface area (Å²) in [5.74, 6) is 0. The van der Waals surface area contributed by atoms with Crippen LogP contribution < -0.4 is 5.32 Å². The minimum Gasteiger partial charge on any atom is -0.306 e. The molecule has 1 atom stereocenters. The third-order valence-corrected chi connectivity index (χ3v) is 4.91. The summed E-state index contributed by atoms with van der Waals surface area (Å²) >= 11 is 0. The number of hydrogen-bond donors (Lipinski definition) is 2. The molecule has 0 fully saturated rings. The smallest absolute Gasteiger partial charge is 0.0662 e. The number of nitrogens with one attached hydrogen (secondary N) is 2. The summed E-state index contributed by atoms with van der Waals surface area (Å²) in [6.45, 7) is 3.76. The molecule has 0 saturated heterocycles. The Morgan fingerprint density at radius 2 is 2.12 bits per heavy atom.